The topological polar surface area (TPSA) is 61.9 Å². The van der Waals surface area contributed by atoms with Gasteiger partial charge in [0.2, 0.25) is 5.95 Å². The Kier molecular flexibility index (Phi) is 3.94. The van der Waals surface area contributed by atoms with Crippen molar-refractivity contribution in [2.24, 2.45) is 0 Å². The first-order valence-electron chi connectivity index (χ1n) is 8.12. The van der Waals surface area contributed by atoms with Crippen molar-refractivity contribution in [2.45, 2.75) is 19.3 Å². The molecule has 1 aromatic carbocycles. The molecule has 0 radical (unpaired) electrons. The zero-order valence-corrected chi connectivity index (χ0v) is 13.9. The average Bonchev–Trinajstić information content (AvgIpc) is 2.62. The number of anilines is 1. The van der Waals surface area contributed by atoms with E-state index < -0.39 is 0 Å². The number of nitrogens with zero attached hydrogens (tertiary/aromatic N) is 3. The van der Waals surface area contributed by atoms with Crippen molar-refractivity contribution < 1.29 is 0 Å². The van der Waals surface area contributed by atoms with Gasteiger partial charge in [0.1, 0.15) is 0 Å². The van der Waals surface area contributed by atoms with Crippen LogP contribution in [0.4, 0.5) is 5.95 Å². The van der Waals surface area contributed by atoms with Gasteiger partial charge in [-0.05, 0) is 48.6 Å². The first-order valence-corrected chi connectivity index (χ1v) is 8.50. The van der Waals surface area contributed by atoms with Crippen LogP contribution in [0, 0.1) is 0 Å². The van der Waals surface area contributed by atoms with Crippen LogP contribution in [0.2, 0.25) is 5.02 Å². The van der Waals surface area contributed by atoms with Crippen LogP contribution in [0.3, 0.4) is 0 Å². The maximum Gasteiger partial charge on any atom is 0.262 e. The van der Waals surface area contributed by atoms with E-state index in [-0.39, 0.29) is 5.56 Å². The van der Waals surface area contributed by atoms with Crippen molar-refractivity contribution in [3.63, 3.8) is 0 Å². The van der Waals surface area contributed by atoms with Gasteiger partial charge < -0.3 is 4.90 Å². The molecule has 1 saturated heterocycles. The van der Waals surface area contributed by atoms with Crippen LogP contribution in [0.1, 0.15) is 19.3 Å². The molecule has 1 N–H and O–H groups in total. The summed E-state index contributed by atoms with van der Waals surface area (Å²) < 4.78 is 0. The lowest BCUT2D eigenvalue weighted by Gasteiger charge is -2.27. The Balaban J connectivity index is 1.85. The van der Waals surface area contributed by atoms with E-state index in [4.69, 9.17) is 11.6 Å². The van der Waals surface area contributed by atoms with Gasteiger partial charge in [0.05, 0.1) is 5.39 Å². The summed E-state index contributed by atoms with van der Waals surface area (Å²) in [7, 11) is 0. The fourth-order valence-electron chi connectivity index (χ4n) is 3.18. The van der Waals surface area contributed by atoms with Gasteiger partial charge in [0, 0.05) is 24.3 Å². The van der Waals surface area contributed by atoms with Gasteiger partial charge in [-0.25, -0.2) is 4.98 Å². The largest absolute Gasteiger partial charge is 0.342 e. The molecule has 1 fully saturated rings. The molecule has 122 valence electrons. The number of halogens is 1. The maximum atomic E-state index is 12.7. The quantitative estimate of drug-likeness (QED) is 0.773. The van der Waals surface area contributed by atoms with Crippen LogP contribution < -0.4 is 10.5 Å². The predicted molar refractivity (Wildman–Crippen MR) is 96.7 cm³/mol. The summed E-state index contributed by atoms with van der Waals surface area (Å²) in [6.07, 6.45) is 5.17. The second kappa shape index (κ2) is 6.24. The van der Waals surface area contributed by atoms with Crippen molar-refractivity contribution >= 4 is 28.6 Å². The van der Waals surface area contributed by atoms with E-state index in [0.29, 0.717) is 22.0 Å². The highest BCUT2D eigenvalue weighted by molar-refractivity contribution is 6.30. The first-order chi connectivity index (χ1) is 11.7. The lowest BCUT2D eigenvalue weighted by atomic mass is 10.0. The van der Waals surface area contributed by atoms with Gasteiger partial charge in [-0.15, -0.1) is 0 Å². The standard InChI is InChI=1S/C18H17ClN4O/c19-13-6-4-12(5-7-13)14-8-9-20-16-15(14)17(24)22-18(21-16)23-10-2-1-3-11-23/h4-9H,1-3,10-11H2,(H,20,21,22,24). The van der Waals surface area contributed by atoms with Crippen molar-refractivity contribution in [2.75, 3.05) is 18.0 Å². The van der Waals surface area contributed by atoms with Crippen LogP contribution >= 0.6 is 11.6 Å². The maximum absolute atomic E-state index is 12.7. The third-order valence-electron chi connectivity index (χ3n) is 4.41. The Labute approximate surface area is 144 Å². The monoisotopic (exact) mass is 340 g/mol. The van der Waals surface area contributed by atoms with E-state index in [1.54, 1.807) is 6.20 Å². The molecular weight excluding hydrogens is 324 g/mol. The number of piperidine rings is 1. The van der Waals surface area contributed by atoms with Crippen LogP contribution in [0.5, 0.6) is 0 Å². The summed E-state index contributed by atoms with van der Waals surface area (Å²) in [6.45, 7) is 1.84. The Morgan fingerprint density at radius 1 is 1.04 bits per heavy atom. The molecule has 0 bridgehead atoms. The molecule has 6 heteroatoms. The number of aromatic nitrogens is 3. The molecule has 1 aliphatic heterocycles. The zero-order chi connectivity index (χ0) is 16.5. The molecule has 0 atom stereocenters. The number of aromatic amines is 1. The number of fused-ring (bicyclic) bond motifs is 1. The second-order valence-corrected chi connectivity index (χ2v) is 6.44. The van der Waals surface area contributed by atoms with E-state index in [2.05, 4.69) is 19.9 Å². The minimum atomic E-state index is -0.154. The molecule has 24 heavy (non-hydrogen) atoms. The smallest absolute Gasteiger partial charge is 0.262 e. The third-order valence-corrected chi connectivity index (χ3v) is 4.66. The Morgan fingerprint density at radius 2 is 1.79 bits per heavy atom. The fraction of sp³-hybridized carbons (Fsp3) is 0.278. The number of benzene rings is 1. The van der Waals surface area contributed by atoms with Crippen LogP contribution in [0.15, 0.2) is 41.3 Å². The van der Waals surface area contributed by atoms with Crippen LogP contribution in [-0.2, 0) is 0 Å². The summed E-state index contributed by atoms with van der Waals surface area (Å²) in [5.74, 6) is 0.618. The number of pyridine rings is 1. The number of hydrogen-bond donors (Lipinski definition) is 1. The van der Waals surface area contributed by atoms with E-state index in [0.717, 1.165) is 37.1 Å². The van der Waals surface area contributed by atoms with Gasteiger partial charge in [-0.2, -0.15) is 4.98 Å². The van der Waals surface area contributed by atoms with Gasteiger partial charge in [-0.1, -0.05) is 23.7 Å². The number of H-pyrrole nitrogens is 1. The predicted octanol–water partition coefficient (Wildman–Crippen LogP) is 3.63. The normalized spacial score (nSPS) is 15.0. The number of rotatable bonds is 2. The van der Waals surface area contributed by atoms with Gasteiger partial charge >= 0.3 is 0 Å². The average molecular weight is 341 g/mol. The molecule has 0 amide bonds. The molecular formula is C18H17ClN4O. The van der Waals surface area contributed by atoms with Gasteiger partial charge in [0.15, 0.2) is 5.65 Å². The molecule has 3 aromatic rings. The van der Waals surface area contributed by atoms with E-state index in [9.17, 15) is 4.79 Å². The Morgan fingerprint density at radius 3 is 2.54 bits per heavy atom. The summed E-state index contributed by atoms with van der Waals surface area (Å²) in [5.41, 5.74) is 2.06. The molecule has 0 unspecified atom stereocenters. The number of nitrogens with one attached hydrogen (secondary N) is 1. The number of hydrogen-bond acceptors (Lipinski definition) is 4. The van der Waals surface area contributed by atoms with Crippen molar-refractivity contribution in [3.8, 4) is 11.1 Å². The van der Waals surface area contributed by atoms with Crippen molar-refractivity contribution in [1.82, 2.24) is 15.0 Å². The summed E-state index contributed by atoms with van der Waals surface area (Å²) in [5, 5.41) is 1.18. The molecule has 0 spiro atoms. The zero-order valence-electron chi connectivity index (χ0n) is 13.1. The summed E-state index contributed by atoms with van der Waals surface area (Å²) >= 11 is 5.96. The molecule has 2 aromatic heterocycles. The molecule has 0 saturated carbocycles. The summed E-state index contributed by atoms with van der Waals surface area (Å²) in [4.78, 5) is 26.7. The minimum absolute atomic E-state index is 0.154. The SMILES string of the molecule is O=c1[nH]c(N2CCCCC2)nc2nccc(-c3ccc(Cl)cc3)c12. The van der Waals surface area contributed by atoms with E-state index in [1.807, 2.05) is 30.3 Å². The highest BCUT2D eigenvalue weighted by atomic mass is 35.5. The van der Waals surface area contributed by atoms with Crippen LogP contribution in [0.25, 0.3) is 22.2 Å². The molecule has 0 aliphatic carbocycles. The van der Waals surface area contributed by atoms with Crippen LogP contribution in [-0.4, -0.2) is 28.0 Å². The molecule has 4 rings (SSSR count). The van der Waals surface area contributed by atoms with E-state index in [1.165, 1.54) is 6.42 Å². The fourth-order valence-corrected chi connectivity index (χ4v) is 3.30. The Hall–Kier alpha value is -2.40. The lowest BCUT2D eigenvalue weighted by molar-refractivity contribution is 0.568. The molecule has 1 aliphatic rings. The summed E-state index contributed by atoms with van der Waals surface area (Å²) in [6, 6.07) is 9.26. The highest BCUT2D eigenvalue weighted by Crippen LogP contribution is 2.26. The third kappa shape index (κ3) is 2.76. The molecule has 5 nitrogen and oxygen atoms in total. The van der Waals surface area contributed by atoms with Gasteiger partial charge in [-0.3, -0.25) is 9.78 Å². The Bertz CT molecular complexity index is 930. The van der Waals surface area contributed by atoms with Crippen molar-refractivity contribution in [1.29, 1.82) is 0 Å². The lowest BCUT2D eigenvalue weighted by Crippen LogP contribution is -2.32. The van der Waals surface area contributed by atoms with Crippen molar-refractivity contribution in [3.05, 3.63) is 51.9 Å². The highest BCUT2D eigenvalue weighted by Gasteiger charge is 2.16. The van der Waals surface area contributed by atoms with Gasteiger partial charge in [0.25, 0.3) is 5.56 Å². The minimum Gasteiger partial charge on any atom is -0.342 e. The van der Waals surface area contributed by atoms with E-state index >= 15 is 0 Å². The first kappa shape index (κ1) is 15.1. The second-order valence-electron chi connectivity index (χ2n) is 6.00. The molecule has 3 heterocycles.